The molecule has 0 radical (unpaired) electrons. The van der Waals surface area contributed by atoms with Crippen LogP contribution in [0.4, 0.5) is 0 Å². The number of carbonyl (C=O) groups is 3. The minimum atomic E-state index is -1.81. The zero-order valence-corrected chi connectivity index (χ0v) is 20.6. The summed E-state index contributed by atoms with van der Waals surface area (Å²) < 4.78 is 11.3. The molecule has 1 spiro atoms. The zero-order chi connectivity index (χ0) is 26.3. The summed E-state index contributed by atoms with van der Waals surface area (Å²) >= 11 is 0. The van der Waals surface area contributed by atoms with E-state index in [9.17, 15) is 14.4 Å². The predicted molar refractivity (Wildman–Crippen MR) is 141 cm³/mol. The van der Waals surface area contributed by atoms with Gasteiger partial charge in [-0.2, -0.15) is 0 Å². The van der Waals surface area contributed by atoms with E-state index in [4.69, 9.17) is 9.47 Å². The Kier molecular flexibility index (Phi) is 5.65. The maximum Gasteiger partial charge on any atom is 0.341 e. The molecule has 0 aliphatic carbocycles. The van der Waals surface area contributed by atoms with E-state index >= 15 is 0 Å². The molecule has 0 bridgehead atoms. The summed E-state index contributed by atoms with van der Waals surface area (Å²) in [6.07, 6.45) is 0. The lowest BCUT2D eigenvalue weighted by Crippen LogP contribution is -2.47. The van der Waals surface area contributed by atoms with Gasteiger partial charge in [0.05, 0.1) is 23.9 Å². The first-order valence-electron chi connectivity index (χ1n) is 12.2. The summed E-state index contributed by atoms with van der Waals surface area (Å²) in [5, 5.41) is 0. The number of hydrogen-bond donors (Lipinski definition) is 0. The number of rotatable bonds is 6. The fourth-order valence-electron chi connectivity index (χ4n) is 5.21. The third-order valence-electron chi connectivity index (χ3n) is 6.98. The molecule has 6 nitrogen and oxygen atoms in total. The fraction of sp³-hybridized carbons (Fsp3) is 0.0938. The van der Waals surface area contributed by atoms with E-state index in [-0.39, 0.29) is 12.1 Å². The van der Waals surface area contributed by atoms with Gasteiger partial charge in [0, 0.05) is 17.7 Å². The quantitative estimate of drug-likeness (QED) is 0.200. The molecule has 186 valence electrons. The monoisotopic (exact) mass is 501 g/mol. The van der Waals surface area contributed by atoms with Crippen LogP contribution in [-0.4, -0.2) is 29.5 Å². The Balaban J connectivity index is 1.61. The summed E-state index contributed by atoms with van der Waals surface area (Å²) in [4.78, 5) is 43.4. The molecule has 1 atom stereocenters. The van der Waals surface area contributed by atoms with E-state index in [1.165, 1.54) is 0 Å². The second kappa shape index (κ2) is 9.16. The minimum Gasteiger partial charge on any atom is -0.497 e. The van der Waals surface area contributed by atoms with Gasteiger partial charge in [-0.3, -0.25) is 9.59 Å². The number of ether oxygens (including phenoxy) is 2. The average Bonchev–Trinajstić information content (AvgIpc) is 3.40. The highest BCUT2D eigenvalue weighted by Crippen LogP contribution is 2.52. The zero-order valence-electron chi connectivity index (χ0n) is 20.6. The van der Waals surface area contributed by atoms with Crippen LogP contribution < -0.4 is 4.74 Å². The summed E-state index contributed by atoms with van der Waals surface area (Å²) in [5.41, 5.74) is 1.23. The number of nitrogens with zero attached hydrogens (tertiary/aromatic N) is 1. The van der Waals surface area contributed by atoms with Crippen molar-refractivity contribution in [2.24, 2.45) is 0 Å². The first-order chi connectivity index (χ1) is 18.5. The molecule has 4 aromatic carbocycles. The van der Waals surface area contributed by atoms with Crippen molar-refractivity contribution in [2.75, 3.05) is 7.11 Å². The Hall–Kier alpha value is -4.97. The van der Waals surface area contributed by atoms with Crippen molar-refractivity contribution in [1.82, 2.24) is 4.90 Å². The molecule has 2 heterocycles. The number of fused-ring (bicyclic) bond motifs is 2. The lowest BCUT2D eigenvalue weighted by molar-refractivity contribution is -0.147. The van der Waals surface area contributed by atoms with Gasteiger partial charge in [0.2, 0.25) is 5.78 Å². The molecule has 4 aromatic rings. The molecule has 0 saturated carbocycles. The molecule has 0 saturated heterocycles. The van der Waals surface area contributed by atoms with Gasteiger partial charge in [-0.15, -0.1) is 0 Å². The van der Waals surface area contributed by atoms with Crippen molar-refractivity contribution in [3.05, 3.63) is 143 Å². The first-order valence-corrected chi connectivity index (χ1v) is 12.2. The highest BCUT2D eigenvalue weighted by molar-refractivity contribution is 6.35. The van der Waals surface area contributed by atoms with Gasteiger partial charge >= 0.3 is 5.97 Å². The molecule has 0 aromatic heterocycles. The number of ketones is 2. The maximum atomic E-state index is 14.5. The van der Waals surface area contributed by atoms with Crippen molar-refractivity contribution in [1.29, 1.82) is 0 Å². The SMILES string of the molecule is COc1ccc(CN2C(c3ccccc3)=C(C(=O)c3ccccc3)C(=O)C23OC(=O)c2ccccc23)cc1. The molecule has 2 aliphatic heterocycles. The standard InChI is InChI=1S/C32H23NO5/c1-37-24-18-16-21(17-19-24)20-33-28(22-10-4-2-5-11-22)27(29(34)23-12-6-3-7-13-23)30(35)32(33)26-15-9-8-14-25(26)31(36)38-32/h2-19H,20H2,1H3. The van der Waals surface area contributed by atoms with Gasteiger partial charge in [-0.05, 0) is 29.3 Å². The molecule has 6 rings (SSSR count). The smallest absolute Gasteiger partial charge is 0.341 e. The normalized spacial score (nSPS) is 18.1. The Bertz CT molecular complexity index is 1590. The largest absolute Gasteiger partial charge is 0.497 e. The number of esters is 1. The Morgan fingerprint density at radius 3 is 2.13 bits per heavy atom. The van der Waals surface area contributed by atoms with Crippen molar-refractivity contribution < 1.29 is 23.9 Å². The number of Topliss-reactive ketones (excluding diaryl/α,β-unsaturated/α-hetero) is 2. The molecule has 0 fully saturated rings. The van der Waals surface area contributed by atoms with Gasteiger partial charge in [-0.25, -0.2) is 4.79 Å². The summed E-state index contributed by atoms with van der Waals surface area (Å²) in [6, 6.07) is 32.2. The average molecular weight is 502 g/mol. The highest BCUT2D eigenvalue weighted by Gasteiger charge is 2.63. The Labute approximate surface area is 219 Å². The van der Waals surface area contributed by atoms with Crippen LogP contribution in [0, 0.1) is 0 Å². The van der Waals surface area contributed by atoms with Crippen LogP contribution in [-0.2, 0) is 21.8 Å². The van der Waals surface area contributed by atoms with E-state index in [0.717, 1.165) is 5.56 Å². The van der Waals surface area contributed by atoms with E-state index in [2.05, 4.69) is 0 Å². The topological polar surface area (TPSA) is 72.9 Å². The summed E-state index contributed by atoms with van der Waals surface area (Å²) in [6.45, 7) is 0.202. The molecule has 0 N–H and O–H groups in total. The fourth-order valence-corrected chi connectivity index (χ4v) is 5.21. The van der Waals surface area contributed by atoms with Crippen LogP contribution >= 0.6 is 0 Å². The van der Waals surface area contributed by atoms with Gasteiger partial charge in [0.15, 0.2) is 5.78 Å². The van der Waals surface area contributed by atoms with Gasteiger partial charge < -0.3 is 14.4 Å². The second-order valence-corrected chi connectivity index (χ2v) is 9.13. The van der Waals surface area contributed by atoms with Crippen molar-refractivity contribution >= 4 is 23.2 Å². The minimum absolute atomic E-state index is 0.0135. The lowest BCUT2D eigenvalue weighted by Gasteiger charge is -2.36. The van der Waals surface area contributed by atoms with Crippen LogP contribution in [0.25, 0.3) is 5.70 Å². The third kappa shape index (κ3) is 3.53. The van der Waals surface area contributed by atoms with Crippen molar-refractivity contribution in [3.8, 4) is 5.75 Å². The van der Waals surface area contributed by atoms with Crippen molar-refractivity contribution in [2.45, 2.75) is 12.3 Å². The lowest BCUT2D eigenvalue weighted by atomic mass is 9.91. The van der Waals surface area contributed by atoms with Gasteiger partial charge in [0.1, 0.15) is 5.75 Å². The molecular weight excluding hydrogens is 478 g/mol. The van der Waals surface area contributed by atoms with Crippen LogP contribution in [0.15, 0.2) is 115 Å². The number of methoxy groups -OCH3 is 1. The maximum absolute atomic E-state index is 14.5. The van der Waals surface area contributed by atoms with Crippen LogP contribution in [0.5, 0.6) is 5.75 Å². The Morgan fingerprint density at radius 1 is 0.816 bits per heavy atom. The van der Waals surface area contributed by atoms with Gasteiger partial charge in [0.25, 0.3) is 5.72 Å². The number of hydrogen-bond acceptors (Lipinski definition) is 6. The summed E-state index contributed by atoms with van der Waals surface area (Å²) in [5.74, 6) is -0.893. The third-order valence-corrected chi connectivity index (χ3v) is 6.98. The van der Waals surface area contributed by atoms with E-state index in [1.807, 2.05) is 60.7 Å². The van der Waals surface area contributed by atoms with Gasteiger partial charge in [-0.1, -0.05) is 91.0 Å². The molecule has 0 amide bonds. The Morgan fingerprint density at radius 2 is 1.45 bits per heavy atom. The molecular formula is C32H23NO5. The second-order valence-electron chi connectivity index (χ2n) is 9.13. The highest BCUT2D eigenvalue weighted by atomic mass is 16.6. The van der Waals surface area contributed by atoms with Crippen LogP contribution in [0.3, 0.4) is 0 Å². The van der Waals surface area contributed by atoms with Crippen LogP contribution in [0.1, 0.15) is 37.4 Å². The number of carbonyl (C=O) groups excluding carboxylic acids is 3. The predicted octanol–water partition coefficient (Wildman–Crippen LogP) is 5.40. The van der Waals surface area contributed by atoms with Crippen molar-refractivity contribution in [3.63, 3.8) is 0 Å². The van der Waals surface area contributed by atoms with E-state index < -0.39 is 23.3 Å². The van der Waals surface area contributed by atoms with Crippen LogP contribution in [0.2, 0.25) is 0 Å². The molecule has 1 unspecified atom stereocenters. The first kappa shape index (κ1) is 23.4. The number of benzene rings is 4. The van der Waals surface area contributed by atoms with E-state index in [1.54, 1.807) is 60.5 Å². The molecule has 38 heavy (non-hydrogen) atoms. The molecule has 6 heteroatoms. The summed E-state index contributed by atoms with van der Waals surface area (Å²) in [7, 11) is 1.59. The van der Waals surface area contributed by atoms with E-state index in [0.29, 0.717) is 33.7 Å². The molecule has 2 aliphatic rings.